The molecule has 0 bridgehead atoms. The second-order valence-electron chi connectivity index (χ2n) is 5.66. The third-order valence-electron chi connectivity index (χ3n) is 3.94. The topological polar surface area (TPSA) is 57.8 Å². The normalized spacial score (nSPS) is 11.0. The van der Waals surface area contributed by atoms with Crippen LogP contribution in [0.15, 0.2) is 60.9 Å². The van der Waals surface area contributed by atoms with Crippen molar-refractivity contribution >= 4 is 45.0 Å². The van der Waals surface area contributed by atoms with Crippen LogP contribution < -0.4 is 5.32 Å². The van der Waals surface area contributed by atoms with Crippen LogP contribution in [0.2, 0.25) is 5.02 Å². The number of aromatic amines is 1. The molecule has 5 heteroatoms. The zero-order valence-electron chi connectivity index (χ0n) is 12.7. The maximum atomic E-state index is 12.2. The number of H-pyrrole nitrogens is 1. The number of amides is 1. The highest BCUT2D eigenvalue weighted by Crippen LogP contribution is 2.26. The van der Waals surface area contributed by atoms with E-state index in [0.29, 0.717) is 5.02 Å². The molecule has 2 N–H and O–H groups in total. The summed E-state index contributed by atoms with van der Waals surface area (Å²) in [5.74, 6) is -0.0746. The largest absolute Gasteiger partial charge is 0.353 e. The van der Waals surface area contributed by atoms with E-state index in [0.717, 1.165) is 33.1 Å². The minimum atomic E-state index is -0.0746. The molecule has 4 rings (SSSR count). The highest BCUT2D eigenvalue weighted by molar-refractivity contribution is 6.30. The van der Waals surface area contributed by atoms with Crippen molar-refractivity contribution in [1.82, 2.24) is 9.97 Å². The van der Waals surface area contributed by atoms with Gasteiger partial charge in [0.25, 0.3) is 0 Å². The molecule has 0 fully saturated rings. The molecule has 2 heterocycles. The molecule has 118 valence electrons. The monoisotopic (exact) mass is 335 g/mol. The lowest BCUT2D eigenvalue weighted by atomic mass is 10.1. The summed E-state index contributed by atoms with van der Waals surface area (Å²) in [5, 5.41) is 5.79. The summed E-state index contributed by atoms with van der Waals surface area (Å²) in [6.45, 7) is 0. The molecule has 2 aromatic heterocycles. The van der Waals surface area contributed by atoms with E-state index in [1.807, 2.05) is 36.4 Å². The van der Waals surface area contributed by atoms with Crippen LogP contribution in [-0.2, 0) is 11.2 Å². The zero-order valence-corrected chi connectivity index (χ0v) is 13.5. The lowest BCUT2D eigenvalue weighted by molar-refractivity contribution is -0.115. The molecule has 0 saturated carbocycles. The second-order valence-corrected chi connectivity index (χ2v) is 6.10. The SMILES string of the molecule is O=C(Cc1cccc(Cl)c1)Nc1ccc2c(c1)[nH]c1cnccc12. The zero-order chi connectivity index (χ0) is 16.5. The van der Waals surface area contributed by atoms with Gasteiger partial charge in [0.05, 0.1) is 18.1 Å². The van der Waals surface area contributed by atoms with E-state index in [2.05, 4.69) is 15.3 Å². The van der Waals surface area contributed by atoms with Gasteiger partial charge in [-0.2, -0.15) is 0 Å². The fraction of sp³-hybridized carbons (Fsp3) is 0.0526. The van der Waals surface area contributed by atoms with Crippen molar-refractivity contribution in [2.45, 2.75) is 6.42 Å². The molecule has 0 spiro atoms. The first-order valence-corrected chi connectivity index (χ1v) is 7.96. The van der Waals surface area contributed by atoms with Crippen molar-refractivity contribution in [2.24, 2.45) is 0 Å². The van der Waals surface area contributed by atoms with Crippen molar-refractivity contribution in [1.29, 1.82) is 0 Å². The van der Waals surface area contributed by atoms with Crippen LogP contribution in [0.1, 0.15) is 5.56 Å². The Hall–Kier alpha value is -2.85. The number of fused-ring (bicyclic) bond motifs is 3. The predicted molar refractivity (Wildman–Crippen MR) is 97.4 cm³/mol. The number of carbonyl (C=O) groups is 1. The van der Waals surface area contributed by atoms with Gasteiger partial charge in [0.15, 0.2) is 0 Å². The van der Waals surface area contributed by atoms with Gasteiger partial charge >= 0.3 is 0 Å². The minimum absolute atomic E-state index is 0.0746. The molecule has 0 aliphatic rings. The average molecular weight is 336 g/mol. The number of hydrogen-bond acceptors (Lipinski definition) is 2. The molecular weight excluding hydrogens is 322 g/mol. The van der Waals surface area contributed by atoms with Gasteiger partial charge in [-0.1, -0.05) is 29.8 Å². The van der Waals surface area contributed by atoms with E-state index >= 15 is 0 Å². The highest BCUT2D eigenvalue weighted by atomic mass is 35.5. The molecule has 0 atom stereocenters. The van der Waals surface area contributed by atoms with Gasteiger partial charge in [-0.25, -0.2) is 0 Å². The fourth-order valence-electron chi connectivity index (χ4n) is 2.87. The molecule has 0 radical (unpaired) electrons. The van der Waals surface area contributed by atoms with Crippen molar-refractivity contribution in [3.63, 3.8) is 0 Å². The molecule has 0 unspecified atom stereocenters. The maximum Gasteiger partial charge on any atom is 0.228 e. The van der Waals surface area contributed by atoms with E-state index in [9.17, 15) is 4.79 Å². The first kappa shape index (κ1) is 14.7. The van der Waals surface area contributed by atoms with Gasteiger partial charge in [0.2, 0.25) is 5.91 Å². The van der Waals surface area contributed by atoms with E-state index in [-0.39, 0.29) is 12.3 Å². The Morgan fingerprint density at radius 2 is 1.96 bits per heavy atom. The minimum Gasteiger partial charge on any atom is -0.353 e. The van der Waals surface area contributed by atoms with Crippen LogP contribution in [0.4, 0.5) is 5.69 Å². The third kappa shape index (κ3) is 2.84. The fourth-order valence-corrected chi connectivity index (χ4v) is 3.08. The van der Waals surface area contributed by atoms with Gasteiger partial charge in [-0.3, -0.25) is 9.78 Å². The van der Waals surface area contributed by atoms with Crippen molar-refractivity contribution in [3.8, 4) is 0 Å². The number of aromatic nitrogens is 2. The molecule has 4 nitrogen and oxygen atoms in total. The summed E-state index contributed by atoms with van der Waals surface area (Å²) < 4.78 is 0. The van der Waals surface area contributed by atoms with E-state index in [1.54, 1.807) is 24.5 Å². The van der Waals surface area contributed by atoms with Gasteiger partial charge in [0.1, 0.15) is 0 Å². The van der Waals surface area contributed by atoms with Crippen LogP contribution in [0.5, 0.6) is 0 Å². The lowest BCUT2D eigenvalue weighted by Crippen LogP contribution is -2.14. The predicted octanol–water partition coefficient (Wildman–Crippen LogP) is 4.55. The summed E-state index contributed by atoms with van der Waals surface area (Å²) in [5.41, 5.74) is 3.60. The molecule has 0 saturated heterocycles. The summed E-state index contributed by atoms with van der Waals surface area (Å²) >= 11 is 5.95. The van der Waals surface area contributed by atoms with Crippen LogP contribution in [0.25, 0.3) is 21.8 Å². The molecular formula is C19H14ClN3O. The lowest BCUT2D eigenvalue weighted by Gasteiger charge is -2.06. The van der Waals surface area contributed by atoms with Gasteiger partial charge < -0.3 is 10.3 Å². The summed E-state index contributed by atoms with van der Waals surface area (Å²) in [6.07, 6.45) is 3.86. The molecule has 1 amide bonds. The Bertz CT molecular complexity index is 1050. The maximum absolute atomic E-state index is 12.2. The van der Waals surface area contributed by atoms with Gasteiger partial charge in [-0.15, -0.1) is 0 Å². The van der Waals surface area contributed by atoms with Gasteiger partial charge in [0, 0.05) is 33.2 Å². The Morgan fingerprint density at radius 1 is 1.08 bits per heavy atom. The van der Waals surface area contributed by atoms with E-state index in [1.165, 1.54) is 0 Å². The third-order valence-corrected chi connectivity index (χ3v) is 4.17. The number of benzene rings is 2. The number of nitrogens with zero attached hydrogens (tertiary/aromatic N) is 1. The summed E-state index contributed by atoms with van der Waals surface area (Å²) in [4.78, 5) is 19.7. The average Bonchev–Trinajstić information content (AvgIpc) is 2.92. The molecule has 24 heavy (non-hydrogen) atoms. The summed E-state index contributed by atoms with van der Waals surface area (Å²) in [7, 11) is 0. The number of halogens is 1. The molecule has 0 aliphatic carbocycles. The summed E-state index contributed by atoms with van der Waals surface area (Å²) in [6, 6.07) is 15.2. The smallest absolute Gasteiger partial charge is 0.228 e. The second kappa shape index (κ2) is 5.98. The quantitative estimate of drug-likeness (QED) is 0.577. The number of anilines is 1. The van der Waals surface area contributed by atoms with Crippen LogP contribution in [0.3, 0.4) is 0 Å². The van der Waals surface area contributed by atoms with E-state index < -0.39 is 0 Å². The van der Waals surface area contributed by atoms with Crippen molar-refractivity contribution < 1.29 is 4.79 Å². The van der Waals surface area contributed by atoms with Crippen LogP contribution in [-0.4, -0.2) is 15.9 Å². The Morgan fingerprint density at radius 3 is 2.83 bits per heavy atom. The number of nitrogens with one attached hydrogen (secondary N) is 2. The Labute approximate surface area is 143 Å². The van der Waals surface area contributed by atoms with Crippen molar-refractivity contribution in [2.75, 3.05) is 5.32 Å². The molecule has 0 aliphatic heterocycles. The number of rotatable bonds is 3. The molecule has 2 aromatic carbocycles. The van der Waals surface area contributed by atoms with Crippen LogP contribution in [0, 0.1) is 0 Å². The van der Waals surface area contributed by atoms with Crippen molar-refractivity contribution in [3.05, 3.63) is 71.5 Å². The Balaban J connectivity index is 1.58. The van der Waals surface area contributed by atoms with E-state index in [4.69, 9.17) is 11.6 Å². The Kier molecular flexibility index (Phi) is 3.67. The number of carbonyl (C=O) groups excluding carboxylic acids is 1. The van der Waals surface area contributed by atoms with Crippen LogP contribution >= 0.6 is 11.6 Å². The molecule has 4 aromatic rings. The first-order chi connectivity index (χ1) is 11.7. The highest BCUT2D eigenvalue weighted by Gasteiger charge is 2.08. The number of hydrogen-bond donors (Lipinski definition) is 2. The number of pyridine rings is 1. The van der Waals surface area contributed by atoms with Gasteiger partial charge in [-0.05, 0) is 35.9 Å². The first-order valence-electron chi connectivity index (χ1n) is 7.59. The standard InChI is InChI=1S/C19H14ClN3O/c20-13-3-1-2-12(8-13)9-19(24)22-14-4-5-15-16-6-7-21-11-18(16)23-17(15)10-14/h1-8,10-11,23H,9H2,(H,22,24).